The second kappa shape index (κ2) is 7.56. The summed E-state index contributed by atoms with van der Waals surface area (Å²) in [5.41, 5.74) is 0.318. The molecule has 0 fully saturated rings. The van der Waals surface area contributed by atoms with Gasteiger partial charge in [-0.05, 0) is 36.4 Å². The van der Waals surface area contributed by atoms with E-state index in [0.717, 1.165) is 11.3 Å². The highest BCUT2D eigenvalue weighted by Gasteiger charge is 2.16. The number of hydrogen-bond donors (Lipinski definition) is 0. The number of rotatable bonds is 6. The van der Waals surface area contributed by atoms with E-state index in [1.54, 1.807) is 24.3 Å². The van der Waals surface area contributed by atoms with Crippen LogP contribution in [0.5, 0.6) is 5.75 Å². The Morgan fingerprint density at radius 2 is 1.88 bits per heavy atom. The number of halogens is 1. The molecule has 6 nitrogen and oxygen atoms in total. The predicted molar refractivity (Wildman–Crippen MR) is 97.4 cm³/mol. The zero-order chi connectivity index (χ0) is 18.7. The molecule has 0 atom stereocenters. The number of para-hydroxylation sites is 1. The number of sulfonamides is 1. The summed E-state index contributed by atoms with van der Waals surface area (Å²) in [4.78, 5) is 0.229. The molecule has 2 aromatic carbocycles. The third-order valence-electron chi connectivity index (χ3n) is 3.73. The van der Waals surface area contributed by atoms with Crippen LogP contribution in [0, 0.1) is 5.82 Å². The second-order valence-corrected chi connectivity index (χ2v) is 7.97. The third kappa shape index (κ3) is 3.64. The van der Waals surface area contributed by atoms with Crippen LogP contribution >= 0.6 is 11.3 Å². The molecule has 0 aliphatic carbocycles. The lowest BCUT2D eigenvalue weighted by molar-refractivity contribution is 0.187. The molecule has 0 aliphatic heterocycles. The second-order valence-electron chi connectivity index (χ2n) is 5.36. The maximum atomic E-state index is 14.3. The number of aromatic nitrogens is 1. The van der Waals surface area contributed by atoms with Crippen molar-refractivity contribution in [2.75, 3.05) is 20.8 Å². The standard InChI is InChI=1S/C17H17FN2O4S2/c1-23-11-10-20-16-14(18)4-3-5-15(16)25-17(20)19-26(21,22)13-8-6-12(24-2)7-9-13/h3-9H,10-11H2,1-2H3. The van der Waals surface area contributed by atoms with Gasteiger partial charge in [0.05, 0.1) is 28.8 Å². The molecule has 0 saturated carbocycles. The van der Waals surface area contributed by atoms with Crippen LogP contribution in [-0.4, -0.2) is 33.8 Å². The molecule has 26 heavy (non-hydrogen) atoms. The molecule has 0 saturated heterocycles. The quantitative estimate of drug-likeness (QED) is 0.642. The number of hydrogen-bond acceptors (Lipinski definition) is 5. The minimum absolute atomic E-state index is 0.0366. The fourth-order valence-electron chi connectivity index (χ4n) is 2.45. The van der Waals surface area contributed by atoms with Crippen LogP contribution in [0.2, 0.25) is 0 Å². The van der Waals surface area contributed by atoms with E-state index in [1.165, 1.54) is 37.0 Å². The van der Waals surface area contributed by atoms with E-state index in [-0.39, 0.29) is 16.2 Å². The minimum atomic E-state index is -3.95. The van der Waals surface area contributed by atoms with E-state index in [9.17, 15) is 12.8 Å². The summed E-state index contributed by atoms with van der Waals surface area (Å²) in [5, 5.41) is 0. The molecular formula is C17H17FN2O4S2. The molecular weight excluding hydrogens is 379 g/mol. The highest BCUT2D eigenvalue weighted by Crippen LogP contribution is 2.22. The molecule has 9 heteroatoms. The summed E-state index contributed by atoms with van der Waals surface area (Å²) in [7, 11) is -0.928. The highest BCUT2D eigenvalue weighted by molar-refractivity contribution is 7.90. The first-order valence-electron chi connectivity index (χ1n) is 7.68. The third-order valence-corrected chi connectivity index (χ3v) is 6.17. The number of ether oxygens (including phenoxy) is 2. The normalized spacial score (nSPS) is 12.7. The van der Waals surface area contributed by atoms with Crippen molar-refractivity contribution in [2.24, 2.45) is 4.40 Å². The smallest absolute Gasteiger partial charge is 0.285 e. The van der Waals surface area contributed by atoms with E-state index in [0.29, 0.717) is 22.6 Å². The van der Waals surface area contributed by atoms with Crippen LogP contribution < -0.4 is 9.54 Å². The molecule has 0 N–H and O–H groups in total. The Labute approximate surface area is 154 Å². The lowest BCUT2D eigenvalue weighted by Gasteiger charge is -2.05. The van der Waals surface area contributed by atoms with Gasteiger partial charge in [-0.3, -0.25) is 0 Å². The van der Waals surface area contributed by atoms with E-state index < -0.39 is 15.8 Å². The Hall–Kier alpha value is -2.23. The lowest BCUT2D eigenvalue weighted by Crippen LogP contribution is -2.20. The fourth-order valence-corrected chi connectivity index (χ4v) is 4.72. The van der Waals surface area contributed by atoms with Gasteiger partial charge >= 0.3 is 0 Å². The summed E-state index contributed by atoms with van der Waals surface area (Å²) in [6, 6.07) is 10.6. The molecule has 138 valence electrons. The van der Waals surface area contributed by atoms with Crippen LogP contribution in [0.4, 0.5) is 4.39 Å². The number of thiazole rings is 1. The van der Waals surface area contributed by atoms with Gasteiger partial charge in [-0.1, -0.05) is 17.4 Å². The molecule has 3 rings (SSSR count). The van der Waals surface area contributed by atoms with Gasteiger partial charge < -0.3 is 14.0 Å². The fraction of sp³-hybridized carbons (Fsp3) is 0.235. The van der Waals surface area contributed by atoms with Gasteiger partial charge in [-0.25, -0.2) is 4.39 Å². The monoisotopic (exact) mass is 396 g/mol. The van der Waals surface area contributed by atoms with Crippen molar-refractivity contribution in [2.45, 2.75) is 11.4 Å². The van der Waals surface area contributed by atoms with Crippen molar-refractivity contribution < 1.29 is 22.3 Å². The molecule has 1 aromatic heterocycles. The largest absolute Gasteiger partial charge is 0.497 e. The average molecular weight is 396 g/mol. The Morgan fingerprint density at radius 3 is 2.54 bits per heavy atom. The van der Waals surface area contributed by atoms with Crippen LogP contribution in [0.25, 0.3) is 10.2 Å². The van der Waals surface area contributed by atoms with Gasteiger partial charge in [-0.15, -0.1) is 4.40 Å². The number of methoxy groups -OCH3 is 2. The van der Waals surface area contributed by atoms with Gasteiger partial charge in [0.15, 0.2) is 0 Å². The maximum Gasteiger partial charge on any atom is 0.285 e. The minimum Gasteiger partial charge on any atom is -0.497 e. The first kappa shape index (κ1) is 18.6. The first-order valence-corrected chi connectivity index (χ1v) is 9.94. The van der Waals surface area contributed by atoms with Gasteiger partial charge in [0.1, 0.15) is 11.6 Å². The van der Waals surface area contributed by atoms with Crippen molar-refractivity contribution in [3.8, 4) is 5.75 Å². The molecule has 0 radical (unpaired) electrons. The van der Waals surface area contributed by atoms with Crippen molar-refractivity contribution >= 4 is 31.6 Å². The number of benzene rings is 2. The van der Waals surface area contributed by atoms with Crippen LogP contribution in [0.3, 0.4) is 0 Å². The zero-order valence-corrected chi connectivity index (χ0v) is 15.8. The molecule has 1 heterocycles. The van der Waals surface area contributed by atoms with Crippen molar-refractivity contribution in [1.29, 1.82) is 0 Å². The molecule has 0 aliphatic rings. The Balaban J connectivity index is 2.17. The summed E-state index contributed by atoms with van der Waals surface area (Å²) in [6.07, 6.45) is 0. The number of fused-ring (bicyclic) bond motifs is 1. The predicted octanol–water partition coefficient (Wildman–Crippen LogP) is 2.79. The van der Waals surface area contributed by atoms with Crippen molar-refractivity contribution in [1.82, 2.24) is 4.57 Å². The van der Waals surface area contributed by atoms with Crippen molar-refractivity contribution in [3.05, 3.63) is 53.1 Å². The van der Waals surface area contributed by atoms with Crippen LogP contribution in [-0.2, 0) is 21.3 Å². The van der Waals surface area contributed by atoms with E-state index >= 15 is 0 Å². The highest BCUT2D eigenvalue weighted by atomic mass is 32.2. The Kier molecular flexibility index (Phi) is 5.40. The van der Waals surface area contributed by atoms with Gasteiger partial charge in [-0.2, -0.15) is 8.42 Å². The molecule has 0 amide bonds. The summed E-state index contributed by atoms with van der Waals surface area (Å²) >= 11 is 1.11. The SMILES string of the molecule is COCCn1c(=NS(=O)(=O)c2ccc(OC)cc2)sc2cccc(F)c21. The summed E-state index contributed by atoms with van der Waals surface area (Å²) in [6.45, 7) is 0.588. The van der Waals surface area contributed by atoms with Gasteiger partial charge in [0.2, 0.25) is 4.80 Å². The van der Waals surface area contributed by atoms with E-state index in [4.69, 9.17) is 9.47 Å². The lowest BCUT2D eigenvalue weighted by atomic mass is 10.3. The van der Waals surface area contributed by atoms with Crippen molar-refractivity contribution in [3.63, 3.8) is 0 Å². The maximum absolute atomic E-state index is 14.3. The van der Waals surface area contributed by atoms with Crippen LogP contribution in [0.1, 0.15) is 0 Å². The van der Waals surface area contributed by atoms with Crippen LogP contribution in [0.15, 0.2) is 51.8 Å². The van der Waals surface area contributed by atoms with E-state index in [1.807, 2.05) is 0 Å². The molecule has 3 aromatic rings. The molecule has 0 bridgehead atoms. The average Bonchev–Trinajstić information content (AvgIpc) is 2.97. The first-order chi connectivity index (χ1) is 12.5. The molecule has 0 unspecified atom stereocenters. The van der Waals surface area contributed by atoms with E-state index in [2.05, 4.69) is 4.40 Å². The summed E-state index contributed by atoms with van der Waals surface area (Å²) in [5.74, 6) is 0.112. The Morgan fingerprint density at radius 1 is 1.15 bits per heavy atom. The Bertz CT molecular complexity index is 1090. The summed E-state index contributed by atoms with van der Waals surface area (Å²) < 4.78 is 55.7. The van der Waals surface area contributed by atoms with Gasteiger partial charge in [0, 0.05) is 13.7 Å². The zero-order valence-electron chi connectivity index (χ0n) is 14.2. The number of nitrogens with zero attached hydrogens (tertiary/aromatic N) is 2. The van der Waals surface area contributed by atoms with Gasteiger partial charge in [0.25, 0.3) is 10.0 Å². The topological polar surface area (TPSA) is 69.9 Å². The molecule has 0 spiro atoms.